The maximum absolute atomic E-state index is 8.98. The largest absolute Gasteiger partial charge is 0.398 e. The molecular weight excluding hydrogens is 242 g/mol. The Kier molecular flexibility index (Phi) is 3.52. The molecule has 0 aliphatic heterocycles. The molecule has 86 valence electrons. The number of nitrogens with two attached hydrogens (primary N) is 1. The summed E-state index contributed by atoms with van der Waals surface area (Å²) in [6.07, 6.45) is 0. The van der Waals surface area contributed by atoms with Crippen molar-refractivity contribution in [3.8, 4) is 12.1 Å². The van der Waals surface area contributed by atoms with Crippen LogP contribution in [-0.2, 0) is 0 Å². The number of hydrogen-bond donors (Lipinski definition) is 1. The van der Waals surface area contributed by atoms with Crippen LogP contribution < -0.4 is 5.73 Å². The van der Waals surface area contributed by atoms with Crippen LogP contribution in [0.15, 0.2) is 52.3 Å². The van der Waals surface area contributed by atoms with Gasteiger partial charge in [-0.3, -0.25) is 0 Å². The predicted molar refractivity (Wildman–Crippen MR) is 70.8 cm³/mol. The zero-order valence-corrected chi connectivity index (χ0v) is 10.2. The highest BCUT2D eigenvalue weighted by molar-refractivity contribution is 7.99. The molecular formula is C14H9N3S. The molecule has 2 rings (SSSR count). The fourth-order valence-corrected chi connectivity index (χ4v) is 2.39. The van der Waals surface area contributed by atoms with Crippen molar-refractivity contribution in [1.82, 2.24) is 0 Å². The van der Waals surface area contributed by atoms with E-state index < -0.39 is 0 Å². The summed E-state index contributed by atoms with van der Waals surface area (Å²) in [5.74, 6) is 0. The van der Waals surface area contributed by atoms with Gasteiger partial charge in [-0.2, -0.15) is 10.5 Å². The summed E-state index contributed by atoms with van der Waals surface area (Å²) in [5.41, 5.74) is 7.06. The standard InChI is InChI=1S/C14H9N3S/c15-8-10-6-13(17)14(7-11(10)9-16)18-12-4-2-1-3-5-12/h1-7H,17H2. The molecule has 2 aromatic carbocycles. The van der Waals surface area contributed by atoms with E-state index in [0.717, 1.165) is 9.79 Å². The number of nitrogens with zero attached hydrogens (tertiary/aromatic N) is 2. The first kappa shape index (κ1) is 12.0. The molecule has 4 heteroatoms. The molecule has 18 heavy (non-hydrogen) atoms. The lowest BCUT2D eigenvalue weighted by Crippen LogP contribution is -1.93. The van der Waals surface area contributed by atoms with Crippen molar-refractivity contribution in [2.24, 2.45) is 0 Å². The van der Waals surface area contributed by atoms with E-state index in [1.165, 1.54) is 11.8 Å². The van der Waals surface area contributed by atoms with Gasteiger partial charge in [0.1, 0.15) is 12.1 Å². The smallest absolute Gasteiger partial charge is 0.101 e. The molecule has 0 radical (unpaired) electrons. The summed E-state index contributed by atoms with van der Waals surface area (Å²) < 4.78 is 0. The van der Waals surface area contributed by atoms with E-state index in [1.54, 1.807) is 12.1 Å². The summed E-state index contributed by atoms with van der Waals surface area (Å²) in [5, 5.41) is 17.9. The van der Waals surface area contributed by atoms with E-state index in [1.807, 2.05) is 42.5 Å². The SMILES string of the molecule is N#Cc1cc(N)c(Sc2ccccc2)cc1C#N. The second kappa shape index (κ2) is 5.27. The van der Waals surface area contributed by atoms with Crippen LogP contribution in [0.5, 0.6) is 0 Å². The summed E-state index contributed by atoms with van der Waals surface area (Å²) in [4.78, 5) is 1.83. The molecule has 0 atom stereocenters. The van der Waals surface area contributed by atoms with Gasteiger partial charge in [-0.15, -0.1) is 0 Å². The number of benzene rings is 2. The molecule has 2 aromatic rings. The van der Waals surface area contributed by atoms with Crippen molar-refractivity contribution in [3.63, 3.8) is 0 Å². The van der Waals surface area contributed by atoms with Crippen LogP contribution in [0.4, 0.5) is 5.69 Å². The fraction of sp³-hybridized carbons (Fsp3) is 0. The Morgan fingerprint density at radius 3 is 2.17 bits per heavy atom. The molecule has 0 spiro atoms. The summed E-state index contributed by atoms with van der Waals surface area (Å²) in [6, 6.07) is 16.9. The van der Waals surface area contributed by atoms with Gasteiger partial charge in [0.05, 0.1) is 11.1 Å². The highest BCUT2D eigenvalue weighted by Crippen LogP contribution is 2.33. The van der Waals surface area contributed by atoms with Gasteiger partial charge in [0.15, 0.2) is 0 Å². The Hall–Kier alpha value is -2.43. The van der Waals surface area contributed by atoms with Gasteiger partial charge in [0.25, 0.3) is 0 Å². The molecule has 0 aliphatic rings. The lowest BCUT2D eigenvalue weighted by molar-refractivity contribution is 1.35. The highest BCUT2D eigenvalue weighted by Gasteiger charge is 2.08. The minimum atomic E-state index is 0.312. The Morgan fingerprint density at radius 1 is 0.944 bits per heavy atom. The molecule has 0 aromatic heterocycles. The first-order valence-electron chi connectivity index (χ1n) is 5.21. The molecule has 2 N–H and O–H groups in total. The molecule has 0 saturated carbocycles. The van der Waals surface area contributed by atoms with E-state index in [9.17, 15) is 0 Å². The molecule has 3 nitrogen and oxygen atoms in total. The average molecular weight is 251 g/mol. The van der Waals surface area contributed by atoms with Crippen LogP contribution in [-0.4, -0.2) is 0 Å². The molecule has 0 heterocycles. The van der Waals surface area contributed by atoms with Gasteiger partial charge in [-0.25, -0.2) is 0 Å². The minimum Gasteiger partial charge on any atom is -0.398 e. The topological polar surface area (TPSA) is 73.6 Å². The zero-order chi connectivity index (χ0) is 13.0. The first-order valence-corrected chi connectivity index (χ1v) is 6.03. The van der Waals surface area contributed by atoms with E-state index in [2.05, 4.69) is 0 Å². The molecule has 0 aliphatic carbocycles. The molecule has 0 saturated heterocycles. The maximum Gasteiger partial charge on any atom is 0.101 e. The van der Waals surface area contributed by atoms with Crippen molar-refractivity contribution < 1.29 is 0 Å². The first-order chi connectivity index (χ1) is 8.74. The van der Waals surface area contributed by atoms with E-state index in [4.69, 9.17) is 16.3 Å². The second-order valence-corrected chi connectivity index (χ2v) is 4.69. The van der Waals surface area contributed by atoms with Gasteiger partial charge in [-0.05, 0) is 24.3 Å². The van der Waals surface area contributed by atoms with Crippen LogP contribution in [0.3, 0.4) is 0 Å². The van der Waals surface area contributed by atoms with Crippen molar-refractivity contribution >= 4 is 17.4 Å². The Bertz CT molecular complexity index is 651. The minimum absolute atomic E-state index is 0.312. The van der Waals surface area contributed by atoms with Crippen LogP contribution in [0.25, 0.3) is 0 Å². The number of anilines is 1. The van der Waals surface area contributed by atoms with Crippen LogP contribution in [0.2, 0.25) is 0 Å². The number of nitriles is 2. The third-order valence-electron chi connectivity index (χ3n) is 2.36. The van der Waals surface area contributed by atoms with Crippen LogP contribution in [0.1, 0.15) is 11.1 Å². The van der Waals surface area contributed by atoms with E-state index >= 15 is 0 Å². The zero-order valence-electron chi connectivity index (χ0n) is 9.42. The second-order valence-electron chi connectivity index (χ2n) is 3.57. The third-order valence-corrected chi connectivity index (χ3v) is 3.44. The predicted octanol–water partition coefficient (Wildman–Crippen LogP) is 3.16. The van der Waals surface area contributed by atoms with Crippen LogP contribution in [0, 0.1) is 22.7 Å². The molecule has 0 fully saturated rings. The Balaban J connectivity index is 2.41. The van der Waals surface area contributed by atoms with Crippen molar-refractivity contribution in [1.29, 1.82) is 10.5 Å². The van der Waals surface area contributed by atoms with Gasteiger partial charge < -0.3 is 5.73 Å². The van der Waals surface area contributed by atoms with E-state index in [-0.39, 0.29) is 0 Å². The van der Waals surface area contributed by atoms with Crippen molar-refractivity contribution in [2.75, 3.05) is 5.73 Å². The summed E-state index contributed by atoms with van der Waals surface area (Å²) in [7, 11) is 0. The van der Waals surface area contributed by atoms with Gasteiger partial charge >= 0.3 is 0 Å². The van der Waals surface area contributed by atoms with Crippen molar-refractivity contribution in [2.45, 2.75) is 9.79 Å². The average Bonchev–Trinajstić information content (AvgIpc) is 2.41. The van der Waals surface area contributed by atoms with Gasteiger partial charge in [0.2, 0.25) is 0 Å². The lowest BCUT2D eigenvalue weighted by atomic mass is 10.1. The van der Waals surface area contributed by atoms with Crippen molar-refractivity contribution in [3.05, 3.63) is 53.6 Å². The van der Waals surface area contributed by atoms with Crippen LogP contribution >= 0.6 is 11.8 Å². The van der Waals surface area contributed by atoms with Gasteiger partial charge in [-0.1, -0.05) is 30.0 Å². The van der Waals surface area contributed by atoms with Gasteiger partial charge in [0, 0.05) is 15.5 Å². The monoisotopic (exact) mass is 251 g/mol. The quantitative estimate of drug-likeness (QED) is 0.832. The lowest BCUT2D eigenvalue weighted by Gasteiger charge is -2.06. The molecule has 0 unspecified atom stereocenters. The summed E-state index contributed by atoms with van der Waals surface area (Å²) >= 11 is 1.48. The molecule has 0 bridgehead atoms. The normalized spacial score (nSPS) is 9.44. The summed E-state index contributed by atoms with van der Waals surface area (Å²) in [6.45, 7) is 0. The third kappa shape index (κ3) is 2.45. The van der Waals surface area contributed by atoms with E-state index in [0.29, 0.717) is 16.8 Å². The number of rotatable bonds is 2. The fourth-order valence-electron chi connectivity index (χ4n) is 1.49. The number of hydrogen-bond acceptors (Lipinski definition) is 4. The number of nitrogen functional groups attached to an aromatic ring is 1. The maximum atomic E-state index is 8.98. The highest BCUT2D eigenvalue weighted by atomic mass is 32.2. The molecule has 0 amide bonds. The Labute approximate surface area is 109 Å². The Morgan fingerprint density at radius 2 is 1.56 bits per heavy atom.